The number of amides is 1. The van der Waals surface area contributed by atoms with E-state index in [1.165, 1.54) is 19.3 Å². The van der Waals surface area contributed by atoms with Gasteiger partial charge in [0.1, 0.15) is 17.5 Å². The summed E-state index contributed by atoms with van der Waals surface area (Å²) in [7, 11) is 0. The Balaban J connectivity index is 1.37. The van der Waals surface area contributed by atoms with Crippen molar-refractivity contribution in [1.82, 2.24) is 15.5 Å². The summed E-state index contributed by atoms with van der Waals surface area (Å²) in [4.78, 5) is 16.6. The Bertz CT molecular complexity index is 806. The molecule has 4 rings (SSSR count). The molecule has 2 aliphatic carbocycles. The van der Waals surface area contributed by atoms with Gasteiger partial charge < -0.3 is 19.3 Å². The predicted molar refractivity (Wildman–Crippen MR) is 108 cm³/mol. The molecule has 0 aliphatic heterocycles. The molecule has 2 heterocycles. The van der Waals surface area contributed by atoms with Gasteiger partial charge in [-0.1, -0.05) is 11.6 Å². The Morgan fingerprint density at radius 2 is 1.83 bits per heavy atom. The number of ether oxygens (including phenoxy) is 2. The average Bonchev–Trinajstić information content (AvgIpc) is 3.37. The summed E-state index contributed by atoms with van der Waals surface area (Å²) in [5.74, 6) is 1.34. The third kappa shape index (κ3) is 5.08. The van der Waals surface area contributed by atoms with Crippen LogP contribution in [0.5, 0.6) is 5.75 Å². The van der Waals surface area contributed by atoms with Gasteiger partial charge in [0.2, 0.25) is 0 Å². The van der Waals surface area contributed by atoms with E-state index in [0.717, 1.165) is 55.5 Å². The molecule has 0 spiro atoms. The van der Waals surface area contributed by atoms with Gasteiger partial charge in [0.25, 0.3) is 0 Å². The lowest BCUT2D eigenvalue weighted by molar-refractivity contribution is 0.101. The zero-order chi connectivity index (χ0) is 20.1. The highest BCUT2D eigenvalue weighted by Crippen LogP contribution is 2.28. The van der Waals surface area contributed by atoms with E-state index in [1.807, 2.05) is 19.1 Å². The summed E-state index contributed by atoms with van der Waals surface area (Å²) in [5, 5.41) is 6.87. The highest BCUT2D eigenvalue weighted by Gasteiger charge is 2.21. The molecule has 156 valence electrons. The zero-order valence-corrected chi connectivity index (χ0v) is 17.0. The van der Waals surface area contributed by atoms with Crippen LogP contribution in [0.25, 0.3) is 11.5 Å². The van der Waals surface area contributed by atoms with Crippen molar-refractivity contribution in [2.75, 3.05) is 0 Å². The summed E-state index contributed by atoms with van der Waals surface area (Å²) in [5.41, 5.74) is 2.20. The summed E-state index contributed by atoms with van der Waals surface area (Å²) in [6.07, 6.45) is 11.8. The van der Waals surface area contributed by atoms with Crippen LogP contribution in [0.4, 0.5) is 4.79 Å². The highest BCUT2D eigenvalue weighted by molar-refractivity contribution is 5.68. The van der Waals surface area contributed by atoms with Crippen molar-refractivity contribution in [3.63, 3.8) is 0 Å². The number of aryl methyl sites for hydroxylation is 1. The quantitative estimate of drug-likeness (QED) is 0.741. The minimum Gasteiger partial charge on any atom is -0.489 e. The summed E-state index contributed by atoms with van der Waals surface area (Å²) < 4.78 is 17.0. The summed E-state index contributed by atoms with van der Waals surface area (Å²) >= 11 is 0. The number of nitrogens with zero attached hydrogens (tertiary/aromatic N) is 2. The van der Waals surface area contributed by atoms with Crippen LogP contribution in [-0.4, -0.2) is 28.4 Å². The van der Waals surface area contributed by atoms with Gasteiger partial charge in [-0.05, 0) is 70.4 Å². The zero-order valence-electron chi connectivity index (χ0n) is 17.0. The van der Waals surface area contributed by atoms with Crippen LogP contribution in [0, 0.1) is 6.92 Å². The minimum atomic E-state index is -0.396. The van der Waals surface area contributed by atoms with E-state index in [9.17, 15) is 4.79 Å². The fourth-order valence-electron chi connectivity index (χ4n) is 4.12. The maximum absolute atomic E-state index is 12.1. The average molecular weight is 399 g/mol. The third-order valence-corrected chi connectivity index (χ3v) is 5.79. The molecular formula is C22H29N3O4. The van der Waals surface area contributed by atoms with E-state index in [-0.39, 0.29) is 18.8 Å². The van der Waals surface area contributed by atoms with Crippen molar-refractivity contribution in [1.29, 1.82) is 0 Å². The number of hydrogen-bond acceptors (Lipinski definition) is 6. The molecule has 2 saturated carbocycles. The van der Waals surface area contributed by atoms with Crippen LogP contribution in [0.3, 0.4) is 0 Å². The highest BCUT2D eigenvalue weighted by atomic mass is 16.6. The molecule has 1 amide bonds. The van der Waals surface area contributed by atoms with Crippen molar-refractivity contribution < 1.29 is 18.8 Å². The van der Waals surface area contributed by atoms with Gasteiger partial charge in [-0.3, -0.25) is 0 Å². The van der Waals surface area contributed by atoms with Crippen LogP contribution >= 0.6 is 0 Å². The van der Waals surface area contributed by atoms with E-state index in [0.29, 0.717) is 11.5 Å². The van der Waals surface area contributed by atoms with Crippen LogP contribution < -0.4 is 10.1 Å². The first kappa shape index (κ1) is 19.7. The van der Waals surface area contributed by atoms with Crippen LogP contribution in [0.15, 0.2) is 22.9 Å². The number of carbonyl (C=O) groups excluding carboxylic acids is 1. The van der Waals surface area contributed by atoms with Gasteiger partial charge in [0.05, 0.1) is 24.5 Å². The third-order valence-electron chi connectivity index (χ3n) is 5.79. The first-order valence-electron chi connectivity index (χ1n) is 10.7. The normalized spacial score (nSPS) is 18.0. The smallest absolute Gasteiger partial charge is 0.407 e. The first-order valence-corrected chi connectivity index (χ1v) is 10.7. The number of rotatable bonds is 6. The molecule has 7 heteroatoms. The lowest BCUT2D eigenvalue weighted by Crippen LogP contribution is -2.27. The molecule has 2 aromatic heterocycles. The number of alkyl carbamates (subject to hydrolysis) is 1. The number of carbonyl (C=O) groups is 1. The Labute approximate surface area is 171 Å². The van der Waals surface area contributed by atoms with Crippen molar-refractivity contribution in [2.45, 2.75) is 83.5 Å². The predicted octanol–water partition coefficient (Wildman–Crippen LogP) is 4.93. The molecule has 0 atom stereocenters. The van der Waals surface area contributed by atoms with Gasteiger partial charge in [0, 0.05) is 5.56 Å². The second kappa shape index (κ2) is 9.29. The van der Waals surface area contributed by atoms with Crippen LogP contribution in [0.2, 0.25) is 0 Å². The molecular weight excluding hydrogens is 370 g/mol. The van der Waals surface area contributed by atoms with Gasteiger partial charge in [-0.15, -0.1) is 0 Å². The lowest BCUT2D eigenvalue weighted by Gasteiger charge is -2.22. The molecule has 7 nitrogen and oxygen atoms in total. The van der Waals surface area contributed by atoms with Crippen molar-refractivity contribution in [3.05, 3.63) is 29.6 Å². The van der Waals surface area contributed by atoms with E-state index in [1.54, 1.807) is 6.20 Å². The monoisotopic (exact) mass is 399 g/mol. The van der Waals surface area contributed by atoms with Crippen molar-refractivity contribution in [2.24, 2.45) is 0 Å². The molecule has 2 aromatic rings. The number of aromatic nitrogens is 2. The standard InChI is InChI=1S/C22H29N3O4/c1-15-19(14-24-22(26)28-17-9-5-6-10-17)21(29-25-15)20-12-11-18(13-23-20)27-16-7-3-2-4-8-16/h11-13,16-17H,2-10,14H2,1H3,(H,24,26). The number of pyridine rings is 1. The Kier molecular flexibility index (Phi) is 6.32. The van der Waals surface area contributed by atoms with Crippen molar-refractivity contribution >= 4 is 6.09 Å². The maximum Gasteiger partial charge on any atom is 0.407 e. The second-order valence-corrected chi connectivity index (χ2v) is 8.00. The fraction of sp³-hybridized carbons (Fsp3) is 0.591. The second-order valence-electron chi connectivity index (χ2n) is 8.00. The Morgan fingerprint density at radius 1 is 1.10 bits per heavy atom. The molecule has 0 bridgehead atoms. The summed E-state index contributed by atoms with van der Waals surface area (Å²) in [6.45, 7) is 2.14. The van der Waals surface area contributed by atoms with E-state index < -0.39 is 6.09 Å². The van der Waals surface area contributed by atoms with Gasteiger partial charge >= 0.3 is 6.09 Å². The largest absolute Gasteiger partial charge is 0.489 e. The Hall–Kier alpha value is -2.57. The van der Waals surface area contributed by atoms with Crippen LogP contribution in [0.1, 0.15) is 69.0 Å². The number of hydrogen-bond donors (Lipinski definition) is 1. The first-order chi connectivity index (χ1) is 14.2. The van der Waals surface area contributed by atoms with E-state index >= 15 is 0 Å². The van der Waals surface area contributed by atoms with Gasteiger partial charge in [-0.25, -0.2) is 9.78 Å². The molecule has 0 unspecified atom stereocenters. The molecule has 0 aromatic carbocycles. The molecule has 29 heavy (non-hydrogen) atoms. The SMILES string of the molecule is Cc1noc(-c2ccc(OC3CCCCC3)cn2)c1CNC(=O)OC1CCCC1. The maximum atomic E-state index is 12.1. The molecule has 0 radical (unpaired) electrons. The lowest BCUT2D eigenvalue weighted by atomic mass is 9.98. The molecule has 2 aliphatic rings. The topological polar surface area (TPSA) is 86.5 Å². The molecule has 2 fully saturated rings. The molecule has 1 N–H and O–H groups in total. The van der Waals surface area contributed by atoms with Gasteiger partial charge in [0.15, 0.2) is 5.76 Å². The number of nitrogens with one attached hydrogen (secondary N) is 1. The van der Waals surface area contributed by atoms with Crippen LogP contribution in [-0.2, 0) is 11.3 Å². The fourth-order valence-corrected chi connectivity index (χ4v) is 4.12. The van der Waals surface area contributed by atoms with E-state index in [2.05, 4.69) is 15.5 Å². The summed E-state index contributed by atoms with van der Waals surface area (Å²) in [6, 6.07) is 3.79. The Morgan fingerprint density at radius 3 is 2.55 bits per heavy atom. The molecule has 0 saturated heterocycles. The van der Waals surface area contributed by atoms with Gasteiger partial charge in [-0.2, -0.15) is 0 Å². The minimum absolute atomic E-state index is 0.0383. The van der Waals surface area contributed by atoms with E-state index in [4.69, 9.17) is 14.0 Å². The van der Waals surface area contributed by atoms with Crippen molar-refractivity contribution in [3.8, 4) is 17.2 Å².